The summed E-state index contributed by atoms with van der Waals surface area (Å²) in [6.45, 7) is 1.49. The van der Waals surface area contributed by atoms with Gasteiger partial charge in [-0.15, -0.1) is 0 Å². The van der Waals surface area contributed by atoms with E-state index in [1.807, 2.05) is 23.0 Å². The highest BCUT2D eigenvalue weighted by Gasteiger charge is 1.97. The van der Waals surface area contributed by atoms with Crippen LogP contribution in [0.4, 0.5) is 5.69 Å². The lowest BCUT2D eigenvalue weighted by molar-refractivity contribution is 0.687. The van der Waals surface area contributed by atoms with E-state index in [1.165, 1.54) is 5.56 Å². The molecule has 0 aliphatic rings. The van der Waals surface area contributed by atoms with Crippen molar-refractivity contribution in [1.82, 2.24) is 19.7 Å². The maximum Gasteiger partial charge on any atom is 0.115 e. The summed E-state index contributed by atoms with van der Waals surface area (Å²) in [7, 11) is 0. The molecule has 0 fully saturated rings. The zero-order valence-electron chi connectivity index (χ0n) is 11.0. The molecule has 0 spiro atoms. The highest BCUT2D eigenvalue weighted by molar-refractivity contribution is 5.44. The van der Waals surface area contributed by atoms with Crippen LogP contribution in [0.5, 0.6) is 0 Å². The van der Waals surface area contributed by atoms with Gasteiger partial charge in [-0.05, 0) is 29.8 Å². The molecule has 1 aromatic carbocycles. The lowest BCUT2D eigenvalue weighted by Gasteiger charge is -2.07. The Kier molecular flexibility index (Phi) is 3.68. The van der Waals surface area contributed by atoms with Crippen LogP contribution in [-0.4, -0.2) is 19.7 Å². The van der Waals surface area contributed by atoms with Crippen molar-refractivity contribution >= 4 is 5.69 Å². The SMILES string of the molecule is c1cnn(Cc2ccc(NCc3ccncn3)cc2)c1. The van der Waals surface area contributed by atoms with Crippen molar-refractivity contribution in [3.63, 3.8) is 0 Å². The molecule has 3 aromatic rings. The fraction of sp³-hybridized carbons (Fsp3) is 0.133. The van der Waals surface area contributed by atoms with E-state index in [4.69, 9.17) is 0 Å². The van der Waals surface area contributed by atoms with E-state index in [-0.39, 0.29) is 0 Å². The third-order valence-electron chi connectivity index (χ3n) is 2.97. The Hall–Kier alpha value is -2.69. The molecule has 0 aliphatic heterocycles. The highest BCUT2D eigenvalue weighted by Crippen LogP contribution is 2.11. The molecule has 0 aliphatic carbocycles. The van der Waals surface area contributed by atoms with E-state index in [1.54, 1.807) is 18.7 Å². The zero-order chi connectivity index (χ0) is 13.6. The zero-order valence-corrected chi connectivity index (χ0v) is 11.0. The topological polar surface area (TPSA) is 55.6 Å². The number of aromatic nitrogens is 4. The first kappa shape index (κ1) is 12.3. The maximum absolute atomic E-state index is 4.20. The monoisotopic (exact) mass is 265 g/mol. The van der Waals surface area contributed by atoms with Gasteiger partial charge < -0.3 is 5.32 Å². The first-order valence-corrected chi connectivity index (χ1v) is 6.45. The van der Waals surface area contributed by atoms with Crippen molar-refractivity contribution in [3.8, 4) is 0 Å². The van der Waals surface area contributed by atoms with Gasteiger partial charge in [-0.2, -0.15) is 5.10 Å². The molecule has 100 valence electrons. The first-order valence-electron chi connectivity index (χ1n) is 6.45. The summed E-state index contributed by atoms with van der Waals surface area (Å²) in [5.74, 6) is 0. The van der Waals surface area contributed by atoms with Crippen LogP contribution < -0.4 is 5.32 Å². The van der Waals surface area contributed by atoms with Gasteiger partial charge in [0.15, 0.2) is 0 Å². The molecular weight excluding hydrogens is 250 g/mol. The molecule has 0 radical (unpaired) electrons. The summed E-state index contributed by atoms with van der Waals surface area (Å²) < 4.78 is 1.91. The van der Waals surface area contributed by atoms with Crippen LogP contribution in [0.3, 0.4) is 0 Å². The molecule has 5 heteroatoms. The number of rotatable bonds is 5. The van der Waals surface area contributed by atoms with Crippen LogP contribution in [0.1, 0.15) is 11.3 Å². The Balaban J connectivity index is 1.59. The summed E-state index contributed by atoms with van der Waals surface area (Å²) in [4.78, 5) is 8.08. The lowest BCUT2D eigenvalue weighted by Crippen LogP contribution is -2.02. The Labute approximate surface area is 117 Å². The number of benzene rings is 1. The number of hydrogen-bond donors (Lipinski definition) is 1. The van der Waals surface area contributed by atoms with Crippen LogP contribution >= 0.6 is 0 Å². The molecule has 5 nitrogen and oxygen atoms in total. The average molecular weight is 265 g/mol. The number of nitrogens with zero attached hydrogens (tertiary/aromatic N) is 4. The Morgan fingerprint density at radius 3 is 2.65 bits per heavy atom. The predicted octanol–water partition coefficient (Wildman–Crippen LogP) is 2.33. The minimum atomic E-state index is 0.695. The number of hydrogen-bond acceptors (Lipinski definition) is 4. The quantitative estimate of drug-likeness (QED) is 0.769. The van der Waals surface area contributed by atoms with E-state index >= 15 is 0 Å². The Morgan fingerprint density at radius 1 is 1.05 bits per heavy atom. The van der Waals surface area contributed by atoms with Crippen molar-refractivity contribution in [1.29, 1.82) is 0 Å². The van der Waals surface area contributed by atoms with Gasteiger partial charge in [0.25, 0.3) is 0 Å². The second-order valence-electron chi connectivity index (χ2n) is 4.45. The third kappa shape index (κ3) is 3.20. The van der Waals surface area contributed by atoms with E-state index in [0.29, 0.717) is 6.54 Å². The fourth-order valence-electron chi connectivity index (χ4n) is 1.92. The molecule has 0 unspecified atom stereocenters. The largest absolute Gasteiger partial charge is 0.379 e. The van der Waals surface area contributed by atoms with Crippen LogP contribution in [-0.2, 0) is 13.1 Å². The summed E-state index contributed by atoms with van der Waals surface area (Å²) >= 11 is 0. The van der Waals surface area contributed by atoms with Gasteiger partial charge in [-0.25, -0.2) is 9.97 Å². The normalized spacial score (nSPS) is 10.4. The second kappa shape index (κ2) is 5.97. The molecule has 1 N–H and O–H groups in total. The highest BCUT2D eigenvalue weighted by atomic mass is 15.3. The van der Waals surface area contributed by atoms with Crippen LogP contribution in [0.15, 0.2) is 61.3 Å². The molecule has 0 saturated carbocycles. The summed E-state index contributed by atoms with van der Waals surface area (Å²) in [6, 6.07) is 12.2. The van der Waals surface area contributed by atoms with Gasteiger partial charge in [0.2, 0.25) is 0 Å². The molecule has 2 aromatic heterocycles. The second-order valence-corrected chi connectivity index (χ2v) is 4.45. The van der Waals surface area contributed by atoms with Crippen molar-refractivity contribution in [2.45, 2.75) is 13.1 Å². The maximum atomic E-state index is 4.20. The predicted molar refractivity (Wildman–Crippen MR) is 77.1 cm³/mol. The van der Waals surface area contributed by atoms with Gasteiger partial charge in [0.1, 0.15) is 6.33 Å². The molecule has 3 rings (SSSR count). The van der Waals surface area contributed by atoms with E-state index in [9.17, 15) is 0 Å². The van der Waals surface area contributed by atoms with Crippen LogP contribution in [0.25, 0.3) is 0 Å². The summed E-state index contributed by atoms with van der Waals surface area (Å²) in [6.07, 6.45) is 7.06. The molecule has 20 heavy (non-hydrogen) atoms. The molecule has 0 bridgehead atoms. The third-order valence-corrected chi connectivity index (χ3v) is 2.97. The number of anilines is 1. The molecule has 2 heterocycles. The molecule has 0 saturated heterocycles. The van der Waals surface area contributed by atoms with Gasteiger partial charge in [-0.3, -0.25) is 4.68 Å². The smallest absolute Gasteiger partial charge is 0.115 e. The van der Waals surface area contributed by atoms with E-state index < -0.39 is 0 Å². The average Bonchev–Trinajstić information content (AvgIpc) is 3.01. The van der Waals surface area contributed by atoms with Crippen molar-refractivity contribution in [2.75, 3.05) is 5.32 Å². The summed E-state index contributed by atoms with van der Waals surface area (Å²) in [5.41, 5.74) is 3.27. The van der Waals surface area contributed by atoms with Crippen molar-refractivity contribution < 1.29 is 0 Å². The molecule has 0 atom stereocenters. The Morgan fingerprint density at radius 2 is 1.95 bits per heavy atom. The van der Waals surface area contributed by atoms with E-state index in [0.717, 1.165) is 17.9 Å². The fourth-order valence-corrected chi connectivity index (χ4v) is 1.92. The van der Waals surface area contributed by atoms with Crippen LogP contribution in [0.2, 0.25) is 0 Å². The standard InChI is InChI=1S/C15H15N5/c1-7-19-20(9-1)11-13-2-4-14(5-3-13)17-10-15-6-8-16-12-18-15/h1-9,12,17H,10-11H2. The minimum Gasteiger partial charge on any atom is -0.379 e. The van der Waals surface area contributed by atoms with Gasteiger partial charge >= 0.3 is 0 Å². The Bertz CT molecular complexity index is 632. The van der Waals surface area contributed by atoms with Crippen molar-refractivity contribution in [3.05, 3.63) is 72.6 Å². The van der Waals surface area contributed by atoms with Gasteiger partial charge in [0.05, 0.1) is 18.8 Å². The molecule has 0 amide bonds. The van der Waals surface area contributed by atoms with Crippen LogP contribution in [0, 0.1) is 0 Å². The summed E-state index contributed by atoms with van der Waals surface area (Å²) in [5, 5.41) is 7.53. The lowest BCUT2D eigenvalue weighted by atomic mass is 10.2. The van der Waals surface area contributed by atoms with E-state index in [2.05, 4.69) is 44.6 Å². The molecular formula is C15H15N5. The minimum absolute atomic E-state index is 0.695. The first-order chi connectivity index (χ1) is 9.90. The number of nitrogens with one attached hydrogen (secondary N) is 1. The van der Waals surface area contributed by atoms with Gasteiger partial charge in [-0.1, -0.05) is 12.1 Å². The van der Waals surface area contributed by atoms with Crippen molar-refractivity contribution in [2.24, 2.45) is 0 Å². The van der Waals surface area contributed by atoms with Gasteiger partial charge in [0, 0.05) is 24.3 Å².